The first-order valence-electron chi connectivity index (χ1n) is 5.11. The van der Waals surface area contributed by atoms with Crippen LogP contribution in [0.15, 0.2) is 12.4 Å². The maximum absolute atomic E-state index is 11.8. The van der Waals surface area contributed by atoms with Gasteiger partial charge in [-0.05, 0) is 6.92 Å². The first kappa shape index (κ1) is 11.2. The summed E-state index contributed by atoms with van der Waals surface area (Å²) in [5.41, 5.74) is 0. The van der Waals surface area contributed by atoms with Crippen LogP contribution in [0.3, 0.4) is 0 Å². The quantitative estimate of drug-likeness (QED) is 0.761. The average molecular weight is 235 g/mol. The first-order chi connectivity index (χ1) is 8.15. The molecule has 0 saturated heterocycles. The summed E-state index contributed by atoms with van der Waals surface area (Å²) in [7, 11) is 1.70. The fourth-order valence-corrected chi connectivity index (χ4v) is 1.34. The van der Waals surface area contributed by atoms with Gasteiger partial charge < -0.3 is 4.90 Å². The minimum absolute atomic E-state index is 0.0713. The minimum Gasteiger partial charge on any atom is -0.337 e. The molecular weight excluding hydrogens is 222 g/mol. The van der Waals surface area contributed by atoms with Gasteiger partial charge in [-0.25, -0.2) is 9.67 Å². The van der Waals surface area contributed by atoms with Crippen molar-refractivity contribution in [2.75, 3.05) is 7.05 Å². The third-order valence-corrected chi connectivity index (χ3v) is 2.22. The van der Waals surface area contributed by atoms with Gasteiger partial charge >= 0.3 is 0 Å². The number of likely N-dealkylation sites (N-methyl/N-ethyl adjacent to an activating group) is 1. The summed E-state index contributed by atoms with van der Waals surface area (Å²) in [4.78, 5) is 17.5. The maximum atomic E-state index is 11.8. The summed E-state index contributed by atoms with van der Waals surface area (Å²) in [5.74, 6) is 1.26. The van der Waals surface area contributed by atoms with Crippen LogP contribution in [0.2, 0.25) is 0 Å². The highest BCUT2D eigenvalue weighted by Crippen LogP contribution is 1.98. The molecule has 0 aliphatic heterocycles. The summed E-state index contributed by atoms with van der Waals surface area (Å²) in [5, 5.41) is 14.1. The van der Waals surface area contributed by atoms with Crippen molar-refractivity contribution in [1.29, 1.82) is 0 Å². The Kier molecular flexibility index (Phi) is 3.12. The van der Waals surface area contributed by atoms with Gasteiger partial charge in [0.25, 0.3) is 0 Å². The predicted molar refractivity (Wildman–Crippen MR) is 57.6 cm³/mol. The number of nitrogens with one attached hydrogen (secondary N) is 1. The lowest BCUT2D eigenvalue weighted by Gasteiger charge is -2.14. The van der Waals surface area contributed by atoms with Crippen molar-refractivity contribution in [1.82, 2.24) is 35.1 Å². The van der Waals surface area contributed by atoms with Gasteiger partial charge in [0.2, 0.25) is 5.91 Å². The van der Waals surface area contributed by atoms with Gasteiger partial charge in [0, 0.05) is 13.2 Å². The molecule has 0 bridgehead atoms. The van der Waals surface area contributed by atoms with Crippen LogP contribution in [0, 0.1) is 6.92 Å². The van der Waals surface area contributed by atoms with Crippen molar-refractivity contribution in [2.24, 2.45) is 0 Å². The van der Waals surface area contributed by atoms with Crippen molar-refractivity contribution in [3.8, 4) is 0 Å². The highest BCUT2D eigenvalue weighted by Gasteiger charge is 2.12. The van der Waals surface area contributed by atoms with E-state index in [9.17, 15) is 4.79 Å². The van der Waals surface area contributed by atoms with E-state index in [1.54, 1.807) is 18.1 Å². The molecule has 8 heteroatoms. The Bertz CT molecular complexity index is 489. The Balaban J connectivity index is 1.91. The normalized spacial score (nSPS) is 10.5. The highest BCUT2D eigenvalue weighted by molar-refractivity contribution is 5.75. The molecule has 0 saturated carbocycles. The molecule has 0 unspecified atom stereocenters. The fraction of sp³-hybridized carbons (Fsp3) is 0.444. The lowest BCUT2D eigenvalue weighted by atomic mass is 10.4. The monoisotopic (exact) mass is 235 g/mol. The number of rotatable bonds is 4. The Morgan fingerprint density at radius 2 is 2.41 bits per heavy atom. The molecule has 90 valence electrons. The van der Waals surface area contributed by atoms with Gasteiger partial charge in [0.1, 0.15) is 12.4 Å². The summed E-state index contributed by atoms with van der Waals surface area (Å²) in [6.07, 6.45) is 3.18. The van der Waals surface area contributed by atoms with Crippen molar-refractivity contribution in [3.05, 3.63) is 24.0 Å². The second-order valence-electron chi connectivity index (χ2n) is 3.69. The van der Waals surface area contributed by atoms with Crippen molar-refractivity contribution >= 4 is 5.91 Å². The number of carbonyl (C=O) groups is 1. The second kappa shape index (κ2) is 4.73. The van der Waals surface area contributed by atoms with Crippen LogP contribution in [0.1, 0.15) is 11.6 Å². The molecule has 1 N–H and O–H groups in total. The molecule has 0 aliphatic rings. The van der Waals surface area contributed by atoms with E-state index < -0.39 is 0 Å². The zero-order valence-corrected chi connectivity index (χ0v) is 9.66. The first-order valence-corrected chi connectivity index (χ1v) is 5.11. The molecular formula is C9H13N7O. The molecule has 1 amide bonds. The number of hydrogen-bond donors (Lipinski definition) is 1. The van der Waals surface area contributed by atoms with Crippen LogP contribution in [0.25, 0.3) is 0 Å². The Labute approximate surface area is 97.6 Å². The van der Waals surface area contributed by atoms with Crippen LogP contribution in [0.5, 0.6) is 0 Å². The summed E-state index contributed by atoms with van der Waals surface area (Å²) in [6, 6.07) is 0. The smallest absolute Gasteiger partial charge is 0.244 e. The third kappa shape index (κ3) is 2.86. The highest BCUT2D eigenvalue weighted by atomic mass is 16.2. The molecule has 0 atom stereocenters. The fourth-order valence-electron chi connectivity index (χ4n) is 1.34. The molecule has 0 aliphatic carbocycles. The van der Waals surface area contributed by atoms with Crippen molar-refractivity contribution in [2.45, 2.75) is 20.0 Å². The van der Waals surface area contributed by atoms with E-state index in [-0.39, 0.29) is 12.5 Å². The topological polar surface area (TPSA) is 92.6 Å². The van der Waals surface area contributed by atoms with E-state index in [4.69, 9.17) is 0 Å². The third-order valence-electron chi connectivity index (χ3n) is 2.22. The van der Waals surface area contributed by atoms with E-state index in [1.165, 1.54) is 10.9 Å². The Hall–Kier alpha value is -2.25. The van der Waals surface area contributed by atoms with Gasteiger partial charge in [-0.15, -0.1) is 5.10 Å². The summed E-state index contributed by atoms with van der Waals surface area (Å²) < 4.78 is 1.47. The van der Waals surface area contributed by atoms with E-state index in [0.29, 0.717) is 12.4 Å². The molecule has 17 heavy (non-hydrogen) atoms. The number of aryl methyl sites for hydroxylation is 1. The van der Waals surface area contributed by atoms with Crippen LogP contribution in [-0.4, -0.2) is 48.0 Å². The van der Waals surface area contributed by atoms with E-state index in [2.05, 4.69) is 25.5 Å². The standard InChI is InChI=1S/C9H13N7O/c1-7-11-8(13-12-7)5-15(2)9(17)6-16-4-3-10-14-16/h3-4H,5-6H2,1-2H3,(H,11,12,13). The van der Waals surface area contributed by atoms with Gasteiger partial charge in [0.15, 0.2) is 5.82 Å². The van der Waals surface area contributed by atoms with Crippen molar-refractivity contribution < 1.29 is 4.79 Å². The van der Waals surface area contributed by atoms with Crippen LogP contribution in [-0.2, 0) is 17.9 Å². The van der Waals surface area contributed by atoms with Crippen molar-refractivity contribution in [3.63, 3.8) is 0 Å². The molecule has 2 rings (SSSR count). The van der Waals surface area contributed by atoms with Crippen LogP contribution >= 0.6 is 0 Å². The number of amides is 1. The second-order valence-corrected chi connectivity index (χ2v) is 3.69. The molecule has 0 fully saturated rings. The zero-order chi connectivity index (χ0) is 12.3. The lowest BCUT2D eigenvalue weighted by Crippen LogP contribution is -2.30. The van der Waals surface area contributed by atoms with Gasteiger partial charge in [-0.3, -0.25) is 9.89 Å². The predicted octanol–water partition coefficient (Wildman–Crippen LogP) is -0.637. The molecule has 0 spiro atoms. The Morgan fingerprint density at radius 3 is 3.00 bits per heavy atom. The molecule has 0 aromatic carbocycles. The minimum atomic E-state index is -0.0713. The number of aromatic amines is 1. The van der Waals surface area contributed by atoms with Crippen LogP contribution < -0.4 is 0 Å². The molecule has 8 nitrogen and oxygen atoms in total. The number of hydrogen-bond acceptors (Lipinski definition) is 5. The number of aromatic nitrogens is 6. The van der Waals surface area contributed by atoms with E-state index in [0.717, 1.165) is 5.82 Å². The Morgan fingerprint density at radius 1 is 1.59 bits per heavy atom. The van der Waals surface area contributed by atoms with Gasteiger partial charge in [-0.1, -0.05) is 5.21 Å². The number of H-pyrrole nitrogens is 1. The van der Waals surface area contributed by atoms with Gasteiger partial charge in [0.05, 0.1) is 12.7 Å². The average Bonchev–Trinajstić information content (AvgIpc) is 2.90. The van der Waals surface area contributed by atoms with Crippen LogP contribution in [0.4, 0.5) is 0 Å². The lowest BCUT2D eigenvalue weighted by molar-refractivity contribution is -0.131. The SMILES string of the molecule is Cc1nc(CN(C)C(=O)Cn2ccnn2)n[nH]1. The molecule has 2 heterocycles. The molecule has 2 aromatic heterocycles. The van der Waals surface area contributed by atoms with E-state index in [1.807, 2.05) is 6.92 Å². The number of carbonyl (C=O) groups excluding carboxylic acids is 1. The zero-order valence-electron chi connectivity index (χ0n) is 9.66. The van der Waals surface area contributed by atoms with Gasteiger partial charge in [-0.2, -0.15) is 5.10 Å². The molecule has 2 aromatic rings. The number of nitrogens with zero attached hydrogens (tertiary/aromatic N) is 6. The largest absolute Gasteiger partial charge is 0.337 e. The summed E-state index contributed by atoms with van der Waals surface area (Å²) in [6.45, 7) is 2.35. The molecule has 0 radical (unpaired) electrons. The maximum Gasteiger partial charge on any atom is 0.244 e. The van der Waals surface area contributed by atoms with E-state index >= 15 is 0 Å². The summed E-state index contributed by atoms with van der Waals surface area (Å²) >= 11 is 0.